The molecule has 1 saturated heterocycles. The molecular weight excluding hydrogens is 352 g/mol. The Balaban J connectivity index is 1.16. The molecule has 4 nitrogen and oxygen atoms in total. The van der Waals surface area contributed by atoms with E-state index in [2.05, 4.69) is 56.8 Å². The number of aryl methyl sites for hydroxylation is 1. The van der Waals surface area contributed by atoms with Gasteiger partial charge in [0.05, 0.1) is 10.2 Å². The van der Waals surface area contributed by atoms with Gasteiger partial charge in [-0.15, -0.1) is 11.3 Å². The SMILES string of the molecule is Cc1csc2c(N3CCC(NCC4Cc5ccccc5C4)CC3)ncnc12. The Bertz CT molecular complexity index is 917. The third kappa shape index (κ3) is 3.34. The summed E-state index contributed by atoms with van der Waals surface area (Å²) < 4.78 is 1.24. The van der Waals surface area contributed by atoms with Crippen LogP contribution in [-0.2, 0) is 12.8 Å². The van der Waals surface area contributed by atoms with E-state index in [1.54, 1.807) is 28.8 Å². The summed E-state index contributed by atoms with van der Waals surface area (Å²) in [4.78, 5) is 11.5. The molecule has 1 N–H and O–H groups in total. The molecule has 5 rings (SSSR count). The van der Waals surface area contributed by atoms with E-state index >= 15 is 0 Å². The Morgan fingerprint density at radius 2 is 1.85 bits per heavy atom. The molecule has 0 amide bonds. The van der Waals surface area contributed by atoms with Crippen LogP contribution in [0.4, 0.5) is 5.82 Å². The van der Waals surface area contributed by atoms with Gasteiger partial charge in [0.25, 0.3) is 0 Å². The molecule has 1 fully saturated rings. The first-order chi connectivity index (χ1) is 13.3. The maximum absolute atomic E-state index is 4.61. The highest BCUT2D eigenvalue weighted by Crippen LogP contribution is 2.32. The normalized spacial score (nSPS) is 18.3. The number of nitrogens with one attached hydrogen (secondary N) is 1. The van der Waals surface area contributed by atoms with Gasteiger partial charge in [-0.3, -0.25) is 0 Å². The summed E-state index contributed by atoms with van der Waals surface area (Å²) in [5.41, 5.74) is 5.48. The topological polar surface area (TPSA) is 41.0 Å². The zero-order valence-electron chi connectivity index (χ0n) is 15.8. The standard InChI is InChI=1S/C22H26N4S/c1-15-13-27-21-20(15)24-14-25-22(21)26-8-6-19(7-9-26)23-12-16-10-17-4-2-3-5-18(17)11-16/h2-5,13-14,16,19,23H,6-12H2,1H3. The Labute approximate surface area is 164 Å². The van der Waals surface area contributed by atoms with Gasteiger partial charge in [0.15, 0.2) is 0 Å². The second-order valence-electron chi connectivity index (χ2n) is 8.01. The van der Waals surface area contributed by atoms with Gasteiger partial charge in [0, 0.05) is 19.1 Å². The lowest BCUT2D eigenvalue weighted by atomic mass is 10.0. The summed E-state index contributed by atoms with van der Waals surface area (Å²) >= 11 is 1.77. The van der Waals surface area contributed by atoms with Gasteiger partial charge in [0.2, 0.25) is 0 Å². The molecule has 0 saturated carbocycles. The maximum Gasteiger partial charge on any atom is 0.150 e. The van der Waals surface area contributed by atoms with E-state index in [4.69, 9.17) is 0 Å². The lowest BCUT2D eigenvalue weighted by Crippen LogP contribution is -2.44. The van der Waals surface area contributed by atoms with Gasteiger partial charge in [0.1, 0.15) is 12.1 Å². The summed E-state index contributed by atoms with van der Waals surface area (Å²) in [5.74, 6) is 1.89. The maximum atomic E-state index is 4.61. The fourth-order valence-electron chi connectivity index (χ4n) is 4.61. The van der Waals surface area contributed by atoms with Gasteiger partial charge in [-0.2, -0.15) is 0 Å². The van der Waals surface area contributed by atoms with Crippen LogP contribution in [0.2, 0.25) is 0 Å². The third-order valence-corrected chi connectivity index (χ3v) is 7.22. The van der Waals surface area contributed by atoms with Crippen molar-refractivity contribution < 1.29 is 0 Å². The van der Waals surface area contributed by atoms with Crippen molar-refractivity contribution in [2.45, 2.75) is 38.6 Å². The average Bonchev–Trinajstić information content (AvgIpc) is 3.30. The van der Waals surface area contributed by atoms with Crippen LogP contribution in [0, 0.1) is 12.8 Å². The number of fused-ring (bicyclic) bond motifs is 2. The Morgan fingerprint density at radius 3 is 2.59 bits per heavy atom. The van der Waals surface area contributed by atoms with Gasteiger partial charge in [-0.25, -0.2) is 9.97 Å². The molecule has 140 valence electrons. The molecule has 0 atom stereocenters. The van der Waals surface area contributed by atoms with Crippen molar-refractivity contribution in [3.63, 3.8) is 0 Å². The second kappa shape index (κ2) is 7.21. The Kier molecular flexibility index (Phi) is 4.58. The van der Waals surface area contributed by atoms with Crippen molar-refractivity contribution in [2.75, 3.05) is 24.5 Å². The van der Waals surface area contributed by atoms with E-state index in [9.17, 15) is 0 Å². The predicted molar refractivity (Wildman–Crippen MR) is 113 cm³/mol. The molecule has 0 spiro atoms. The van der Waals surface area contributed by atoms with Crippen LogP contribution in [0.25, 0.3) is 10.2 Å². The van der Waals surface area contributed by atoms with Crippen molar-refractivity contribution in [1.29, 1.82) is 0 Å². The van der Waals surface area contributed by atoms with Crippen molar-refractivity contribution in [2.24, 2.45) is 5.92 Å². The van der Waals surface area contributed by atoms with Gasteiger partial charge >= 0.3 is 0 Å². The van der Waals surface area contributed by atoms with E-state index in [0.717, 1.165) is 36.9 Å². The Morgan fingerprint density at radius 1 is 1.11 bits per heavy atom. The summed E-state index contributed by atoms with van der Waals surface area (Å²) in [5, 5.41) is 6.05. The minimum absolute atomic E-state index is 0.632. The molecule has 1 aromatic carbocycles. The van der Waals surface area contributed by atoms with Gasteiger partial charge in [-0.05, 0) is 67.1 Å². The van der Waals surface area contributed by atoms with Crippen LogP contribution in [0.3, 0.4) is 0 Å². The zero-order chi connectivity index (χ0) is 18.2. The number of nitrogens with zero attached hydrogens (tertiary/aromatic N) is 3. The van der Waals surface area contributed by atoms with E-state index in [0.29, 0.717) is 6.04 Å². The molecule has 0 bridgehead atoms. The first kappa shape index (κ1) is 17.1. The fraction of sp³-hybridized carbons (Fsp3) is 0.455. The number of hydrogen-bond donors (Lipinski definition) is 1. The molecule has 2 aromatic heterocycles. The number of thiophene rings is 1. The minimum atomic E-state index is 0.632. The third-order valence-electron chi connectivity index (χ3n) is 6.14. The summed E-state index contributed by atoms with van der Waals surface area (Å²) in [7, 11) is 0. The molecule has 3 aromatic rings. The summed E-state index contributed by atoms with van der Waals surface area (Å²) in [6.45, 7) is 5.42. The first-order valence-electron chi connectivity index (χ1n) is 10.0. The van der Waals surface area contributed by atoms with E-state index in [1.165, 1.54) is 35.9 Å². The number of hydrogen-bond acceptors (Lipinski definition) is 5. The number of aromatic nitrogens is 2. The average molecular weight is 379 g/mol. The largest absolute Gasteiger partial charge is 0.355 e. The van der Waals surface area contributed by atoms with Crippen molar-refractivity contribution >= 4 is 27.4 Å². The van der Waals surface area contributed by atoms with Crippen LogP contribution < -0.4 is 10.2 Å². The van der Waals surface area contributed by atoms with Crippen LogP contribution in [0.15, 0.2) is 36.0 Å². The lowest BCUT2D eigenvalue weighted by Gasteiger charge is -2.33. The molecule has 0 radical (unpaired) electrons. The van der Waals surface area contributed by atoms with Crippen LogP contribution in [0.5, 0.6) is 0 Å². The molecule has 5 heteroatoms. The molecule has 0 unspecified atom stereocenters. The van der Waals surface area contributed by atoms with Gasteiger partial charge < -0.3 is 10.2 Å². The highest BCUT2D eigenvalue weighted by molar-refractivity contribution is 7.18. The number of benzene rings is 1. The Hall–Kier alpha value is -1.98. The quantitative estimate of drug-likeness (QED) is 0.746. The molecule has 3 heterocycles. The second-order valence-corrected chi connectivity index (χ2v) is 8.89. The van der Waals surface area contributed by atoms with E-state index in [1.807, 2.05) is 0 Å². The van der Waals surface area contributed by atoms with Crippen LogP contribution in [-0.4, -0.2) is 35.6 Å². The molecule has 1 aliphatic heterocycles. The first-order valence-corrected chi connectivity index (χ1v) is 10.9. The van der Waals surface area contributed by atoms with Crippen molar-refractivity contribution in [3.05, 3.63) is 52.7 Å². The van der Waals surface area contributed by atoms with E-state index < -0.39 is 0 Å². The van der Waals surface area contributed by atoms with Crippen molar-refractivity contribution in [3.8, 4) is 0 Å². The minimum Gasteiger partial charge on any atom is -0.355 e. The highest BCUT2D eigenvalue weighted by atomic mass is 32.1. The van der Waals surface area contributed by atoms with Crippen LogP contribution in [0.1, 0.15) is 29.5 Å². The number of piperidine rings is 1. The fourth-order valence-corrected chi connectivity index (χ4v) is 5.62. The summed E-state index contributed by atoms with van der Waals surface area (Å²) in [6.07, 6.45) is 6.57. The van der Waals surface area contributed by atoms with Crippen molar-refractivity contribution in [1.82, 2.24) is 15.3 Å². The van der Waals surface area contributed by atoms with Gasteiger partial charge in [-0.1, -0.05) is 24.3 Å². The molecule has 2 aliphatic rings. The van der Waals surface area contributed by atoms with E-state index in [-0.39, 0.29) is 0 Å². The van der Waals surface area contributed by atoms with Crippen LogP contribution >= 0.6 is 11.3 Å². The molecule has 1 aliphatic carbocycles. The molecule has 27 heavy (non-hydrogen) atoms. The summed E-state index contributed by atoms with van der Waals surface area (Å²) in [6, 6.07) is 9.56. The zero-order valence-corrected chi connectivity index (χ0v) is 16.6. The highest BCUT2D eigenvalue weighted by Gasteiger charge is 2.25. The lowest BCUT2D eigenvalue weighted by molar-refractivity contribution is 0.379. The molecular formula is C22H26N4S. The smallest absolute Gasteiger partial charge is 0.150 e. The number of rotatable bonds is 4. The monoisotopic (exact) mass is 378 g/mol. The number of anilines is 1. The predicted octanol–water partition coefficient (Wildman–Crippen LogP) is 3.97.